The van der Waals surface area contributed by atoms with Crippen molar-refractivity contribution in [1.82, 2.24) is 9.47 Å². The van der Waals surface area contributed by atoms with Crippen molar-refractivity contribution >= 4 is 11.6 Å². The number of piperidine rings is 1. The number of aromatic nitrogens is 1. The monoisotopic (exact) mass is 457 g/mol. The van der Waals surface area contributed by atoms with Gasteiger partial charge in [0, 0.05) is 31.2 Å². The van der Waals surface area contributed by atoms with Gasteiger partial charge in [0.15, 0.2) is 6.61 Å². The zero-order valence-corrected chi connectivity index (χ0v) is 19.4. The Hall–Kier alpha value is -3.38. The van der Waals surface area contributed by atoms with Gasteiger partial charge in [0.1, 0.15) is 11.4 Å². The van der Waals surface area contributed by atoms with Crippen LogP contribution in [0.3, 0.4) is 0 Å². The number of benzene rings is 2. The Kier molecular flexibility index (Phi) is 6.77. The molecule has 2 aliphatic rings. The summed E-state index contributed by atoms with van der Waals surface area (Å²) in [6, 6.07) is 23.6. The molecule has 3 aromatic rings. The van der Waals surface area contributed by atoms with Gasteiger partial charge in [0.25, 0.3) is 11.5 Å². The molecule has 3 heterocycles. The summed E-state index contributed by atoms with van der Waals surface area (Å²) in [5, 5.41) is 2.74. The van der Waals surface area contributed by atoms with Crippen LogP contribution in [0.15, 0.2) is 77.6 Å². The second kappa shape index (κ2) is 10.3. The molecular formula is C28H31N3O3. The molecule has 176 valence electrons. The molecule has 2 aromatic carbocycles. The lowest BCUT2D eigenvalue weighted by Gasteiger charge is -2.43. The first-order valence-corrected chi connectivity index (χ1v) is 12.1. The number of hydrogen-bond acceptors (Lipinski definition) is 4. The van der Waals surface area contributed by atoms with Crippen LogP contribution in [-0.2, 0) is 17.8 Å². The average molecular weight is 458 g/mol. The molecule has 0 radical (unpaired) electrons. The Balaban J connectivity index is 1.19. The Morgan fingerprint density at radius 1 is 0.941 bits per heavy atom. The summed E-state index contributed by atoms with van der Waals surface area (Å²) < 4.78 is 7.38. The van der Waals surface area contributed by atoms with Gasteiger partial charge in [-0.1, -0.05) is 48.5 Å². The lowest BCUT2D eigenvalue weighted by Crippen LogP contribution is -2.47. The van der Waals surface area contributed by atoms with Crippen molar-refractivity contribution in [2.24, 2.45) is 5.92 Å². The molecule has 0 aliphatic carbocycles. The van der Waals surface area contributed by atoms with Crippen LogP contribution < -0.4 is 15.6 Å². The van der Waals surface area contributed by atoms with Crippen molar-refractivity contribution in [3.63, 3.8) is 0 Å². The maximum atomic E-state index is 13.2. The number of likely N-dealkylation sites (tertiary alicyclic amines) is 1. The Bertz CT molecular complexity index is 1180. The maximum absolute atomic E-state index is 13.2. The Morgan fingerprint density at radius 3 is 2.50 bits per heavy atom. The number of hydrogen-bond donors (Lipinski definition) is 1. The summed E-state index contributed by atoms with van der Waals surface area (Å²) >= 11 is 0. The SMILES string of the molecule is O=C(COc1ccccc1)Nc1ccc2n(c1=O)C[C@H]1C[C@@H]2CN(CCCc2ccccc2)C1. The van der Waals surface area contributed by atoms with E-state index in [0.29, 0.717) is 29.8 Å². The summed E-state index contributed by atoms with van der Waals surface area (Å²) in [6.07, 6.45) is 3.37. The summed E-state index contributed by atoms with van der Waals surface area (Å²) in [4.78, 5) is 28.1. The van der Waals surface area contributed by atoms with E-state index in [1.165, 1.54) is 5.56 Å². The molecule has 1 aromatic heterocycles. The zero-order chi connectivity index (χ0) is 23.3. The third-order valence-corrected chi connectivity index (χ3v) is 6.85. The number of aryl methyl sites for hydroxylation is 1. The van der Waals surface area contributed by atoms with Crippen molar-refractivity contribution in [2.45, 2.75) is 31.7 Å². The molecule has 1 amide bonds. The van der Waals surface area contributed by atoms with Gasteiger partial charge in [-0.2, -0.15) is 0 Å². The van der Waals surface area contributed by atoms with Crippen LogP contribution in [0.25, 0.3) is 0 Å². The van der Waals surface area contributed by atoms with Gasteiger partial charge in [-0.05, 0) is 61.6 Å². The van der Waals surface area contributed by atoms with Gasteiger partial charge in [-0.25, -0.2) is 0 Å². The molecule has 1 fully saturated rings. The highest BCUT2D eigenvalue weighted by Gasteiger charge is 2.34. The average Bonchev–Trinajstić information content (AvgIpc) is 2.86. The molecular weight excluding hydrogens is 426 g/mol. The fraction of sp³-hybridized carbons (Fsp3) is 0.357. The molecule has 5 rings (SSSR count). The smallest absolute Gasteiger partial charge is 0.274 e. The van der Waals surface area contributed by atoms with Crippen LogP contribution in [0.1, 0.15) is 30.0 Å². The number of nitrogens with one attached hydrogen (secondary N) is 1. The number of pyridine rings is 1. The van der Waals surface area contributed by atoms with Crippen molar-refractivity contribution in [2.75, 3.05) is 31.6 Å². The lowest BCUT2D eigenvalue weighted by molar-refractivity contribution is -0.118. The molecule has 0 spiro atoms. The maximum Gasteiger partial charge on any atom is 0.274 e. The highest BCUT2D eigenvalue weighted by atomic mass is 16.5. The van der Waals surface area contributed by atoms with Crippen molar-refractivity contribution in [1.29, 1.82) is 0 Å². The number of carbonyl (C=O) groups excluding carboxylic acids is 1. The summed E-state index contributed by atoms with van der Waals surface area (Å²) in [7, 11) is 0. The van der Waals surface area contributed by atoms with E-state index in [-0.39, 0.29) is 18.1 Å². The number of para-hydroxylation sites is 1. The normalized spacial score (nSPS) is 19.3. The predicted octanol–water partition coefficient (Wildman–Crippen LogP) is 3.92. The topological polar surface area (TPSA) is 63.6 Å². The van der Waals surface area contributed by atoms with Gasteiger partial charge in [0.05, 0.1) is 0 Å². The van der Waals surface area contributed by atoms with Crippen LogP contribution in [0.4, 0.5) is 5.69 Å². The summed E-state index contributed by atoms with van der Waals surface area (Å²) in [5.41, 5.74) is 2.69. The van der Waals surface area contributed by atoms with Gasteiger partial charge in [-0.3, -0.25) is 9.59 Å². The Labute approximate surface area is 200 Å². The minimum absolute atomic E-state index is 0.113. The van der Waals surface area contributed by atoms with E-state index < -0.39 is 0 Å². The van der Waals surface area contributed by atoms with Crippen molar-refractivity contribution in [3.8, 4) is 5.75 Å². The first-order valence-electron chi connectivity index (χ1n) is 12.1. The number of carbonyl (C=O) groups is 1. The summed E-state index contributed by atoms with van der Waals surface area (Å²) in [5.74, 6) is 1.12. The van der Waals surface area contributed by atoms with Crippen LogP contribution in [0.5, 0.6) is 5.75 Å². The quantitative estimate of drug-likeness (QED) is 0.557. The van der Waals surface area contributed by atoms with E-state index in [9.17, 15) is 9.59 Å². The van der Waals surface area contributed by atoms with E-state index >= 15 is 0 Å². The van der Waals surface area contributed by atoms with Crippen molar-refractivity contribution < 1.29 is 9.53 Å². The minimum atomic E-state index is -0.331. The lowest BCUT2D eigenvalue weighted by atomic mass is 9.83. The van der Waals surface area contributed by atoms with Gasteiger partial charge < -0.3 is 19.5 Å². The number of amides is 1. The molecule has 1 saturated heterocycles. The number of rotatable bonds is 8. The molecule has 2 atom stereocenters. The van der Waals surface area contributed by atoms with E-state index in [4.69, 9.17) is 4.74 Å². The van der Waals surface area contributed by atoms with Crippen LogP contribution in [-0.4, -0.2) is 41.6 Å². The fourth-order valence-corrected chi connectivity index (χ4v) is 5.33. The molecule has 0 unspecified atom stereocenters. The van der Waals surface area contributed by atoms with E-state index in [1.54, 1.807) is 18.2 Å². The van der Waals surface area contributed by atoms with E-state index in [2.05, 4.69) is 40.5 Å². The highest BCUT2D eigenvalue weighted by molar-refractivity contribution is 5.91. The van der Waals surface area contributed by atoms with Crippen LogP contribution in [0, 0.1) is 5.92 Å². The van der Waals surface area contributed by atoms with E-state index in [1.807, 2.05) is 28.8 Å². The molecule has 6 heteroatoms. The van der Waals surface area contributed by atoms with E-state index in [0.717, 1.165) is 44.6 Å². The standard InChI is InChI=1S/C28H31N3O3/c32-27(20-34-24-11-5-2-6-12-24)29-25-13-14-26-23-16-22(18-31(26)28(25)33)17-30(19-23)15-7-10-21-8-3-1-4-9-21/h1-6,8-9,11-14,22-23H,7,10,15-20H2,(H,29,32)/t22-,23+/m0/s1. The molecule has 34 heavy (non-hydrogen) atoms. The second-order valence-corrected chi connectivity index (χ2v) is 9.38. The first-order chi connectivity index (χ1) is 16.7. The third kappa shape index (κ3) is 5.23. The van der Waals surface area contributed by atoms with Crippen LogP contribution in [0.2, 0.25) is 0 Å². The molecule has 0 saturated carbocycles. The molecule has 2 aliphatic heterocycles. The predicted molar refractivity (Wildman–Crippen MR) is 133 cm³/mol. The number of ether oxygens (including phenoxy) is 1. The highest BCUT2D eigenvalue weighted by Crippen LogP contribution is 2.35. The fourth-order valence-electron chi connectivity index (χ4n) is 5.33. The first kappa shape index (κ1) is 22.4. The number of fused-ring (bicyclic) bond motifs is 4. The number of nitrogens with zero attached hydrogens (tertiary/aromatic N) is 2. The second-order valence-electron chi connectivity index (χ2n) is 9.38. The van der Waals surface area contributed by atoms with Crippen molar-refractivity contribution in [3.05, 3.63) is 94.4 Å². The molecule has 2 bridgehead atoms. The third-order valence-electron chi connectivity index (χ3n) is 6.85. The number of anilines is 1. The Morgan fingerprint density at radius 2 is 1.71 bits per heavy atom. The summed E-state index contributed by atoms with van der Waals surface area (Å²) in [6.45, 7) is 3.68. The largest absolute Gasteiger partial charge is 0.484 e. The zero-order valence-electron chi connectivity index (χ0n) is 19.4. The van der Waals surface area contributed by atoms with Crippen LogP contribution >= 0.6 is 0 Å². The van der Waals surface area contributed by atoms with Gasteiger partial charge in [0.2, 0.25) is 0 Å². The van der Waals surface area contributed by atoms with Gasteiger partial charge in [-0.15, -0.1) is 0 Å². The molecule has 6 nitrogen and oxygen atoms in total. The minimum Gasteiger partial charge on any atom is -0.484 e. The van der Waals surface area contributed by atoms with Gasteiger partial charge >= 0.3 is 0 Å². The molecule has 1 N–H and O–H groups in total.